The number of unbranched alkanes of at least 4 members (excludes halogenated alkanes) is 5. The number of carboxylic acid groups (broad SMARTS) is 1. The molecule has 0 saturated heterocycles. The van der Waals surface area contributed by atoms with E-state index in [-0.39, 0.29) is 0 Å². The van der Waals surface area contributed by atoms with E-state index in [2.05, 4.69) is 31.2 Å². The van der Waals surface area contributed by atoms with E-state index >= 15 is 0 Å². The lowest BCUT2D eigenvalue weighted by atomic mass is 10.1. The SMILES string of the molecule is CCCCC/C=C/C/C=C\CCCCC(=O)O. The minimum absolute atomic E-state index is 0.297. The Labute approximate surface area is 105 Å². The van der Waals surface area contributed by atoms with Crippen LogP contribution in [0.4, 0.5) is 0 Å². The third-order valence-electron chi connectivity index (χ3n) is 2.59. The third kappa shape index (κ3) is 14.9. The zero-order chi connectivity index (χ0) is 12.8. The van der Waals surface area contributed by atoms with Gasteiger partial charge < -0.3 is 5.11 Å². The van der Waals surface area contributed by atoms with Crippen molar-refractivity contribution in [1.82, 2.24) is 0 Å². The molecule has 0 aromatic heterocycles. The summed E-state index contributed by atoms with van der Waals surface area (Å²) in [5, 5.41) is 8.45. The number of hydrogen-bond donors (Lipinski definition) is 1. The van der Waals surface area contributed by atoms with Gasteiger partial charge in [-0.3, -0.25) is 4.79 Å². The lowest BCUT2D eigenvalue weighted by Gasteiger charge is -1.93. The molecule has 17 heavy (non-hydrogen) atoms. The van der Waals surface area contributed by atoms with Crippen molar-refractivity contribution < 1.29 is 9.90 Å². The highest BCUT2D eigenvalue weighted by atomic mass is 16.4. The fourth-order valence-corrected chi connectivity index (χ4v) is 1.56. The van der Waals surface area contributed by atoms with Crippen LogP contribution in [0, 0.1) is 0 Å². The van der Waals surface area contributed by atoms with Crippen molar-refractivity contribution in [1.29, 1.82) is 0 Å². The van der Waals surface area contributed by atoms with Gasteiger partial charge in [-0.15, -0.1) is 0 Å². The van der Waals surface area contributed by atoms with Crippen LogP contribution < -0.4 is 0 Å². The van der Waals surface area contributed by atoms with Gasteiger partial charge in [0.2, 0.25) is 0 Å². The molecule has 0 fully saturated rings. The first kappa shape index (κ1) is 16.0. The van der Waals surface area contributed by atoms with E-state index in [1.54, 1.807) is 0 Å². The Morgan fingerprint density at radius 1 is 0.941 bits per heavy atom. The highest BCUT2D eigenvalue weighted by Crippen LogP contribution is 2.02. The summed E-state index contributed by atoms with van der Waals surface area (Å²) in [4.78, 5) is 10.3. The van der Waals surface area contributed by atoms with Gasteiger partial charge in [-0.05, 0) is 38.5 Å². The standard InChI is InChI=1S/C15H26O2/c1-2-3-4-5-6-7-8-9-10-11-12-13-14-15(16)17/h6-7,9-10H,2-5,8,11-14H2,1H3,(H,16,17)/b7-6+,10-9-. The molecule has 0 unspecified atom stereocenters. The number of allylic oxidation sites excluding steroid dienone is 4. The summed E-state index contributed by atoms with van der Waals surface area (Å²) in [5.41, 5.74) is 0. The number of carboxylic acids is 1. The first-order valence-electron chi connectivity index (χ1n) is 6.79. The second-order valence-electron chi connectivity index (χ2n) is 4.31. The van der Waals surface area contributed by atoms with Crippen molar-refractivity contribution >= 4 is 5.97 Å². The van der Waals surface area contributed by atoms with Crippen LogP contribution in [0.2, 0.25) is 0 Å². The van der Waals surface area contributed by atoms with Gasteiger partial charge in [0, 0.05) is 6.42 Å². The van der Waals surface area contributed by atoms with E-state index in [1.807, 2.05) is 0 Å². The van der Waals surface area contributed by atoms with E-state index in [1.165, 1.54) is 25.7 Å². The average molecular weight is 238 g/mol. The number of carbonyl (C=O) groups is 1. The Morgan fingerprint density at radius 2 is 1.53 bits per heavy atom. The van der Waals surface area contributed by atoms with Gasteiger partial charge in [-0.2, -0.15) is 0 Å². The smallest absolute Gasteiger partial charge is 0.303 e. The van der Waals surface area contributed by atoms with Crippen LogP contribution in [0.1, 0.15) is 64.7 Å². The molecule has 0 atom stereocenters. The van der Waals surface area contributed by atoms with E-state index < -0.39 is 5.97 Å². The molecule has 0 heterocycles. The summed E-state index contributed by atoms with van der Waals surface area (Å²) in [5.74, 6) is -0.691. The molecule has 98 valence electrons. The van der Waals surface area contributed by atoms with Crippen molar-refractivity contribution in [2.24, 2.45) is 0 Å². The normalized spacial score (nSPS) is 11.6. The molecule has 0 rings (SSSR count). The topological polar surface area (TPSA) is 37.3 Å². The van der Waals surface area contributed by atoms with Crippen LogP contribution in [-0.4, -0.2) is 11.1 Å². The maximum absolute atomic E-state index is 10.3. The minimum Gasteiger partial charge on any atom is -0.481 e. The second-order valence-corrected chi connectivity index (χ2v) is 4.31. The molecule has 0 bridgehead atoms. The van der Waals surface area contributed by atoms with Crippen molar-refractivity contribution in [2.45, 2.75) is 64.7 Å². The van der Waals surface area contributed by atoms with Gasteiger partial charge in [-0.1, -0.05) is 44.1 Å². The summed E-state index contributed by atoms with van der Waals surface area (Å²) in [6.45, 7) is 2.22. The first-order valence-corrected chi connectivity index (χ1v) is 6.79. The van der Waals surface area contributed by atoms with E-state index in [9.17, 15) is 4.79 Å². The molecule has 0 radical (unpaired) electrons. The Bertz CT molecular complexity index is 229. The summed E-state index contributed by atoms with van der Waals surface area (Å²) in [6.07, 6.45) is 17.9. The maximum Gasteiger partial charge on any atom is 0.303 e. The minimum atomic E-state index is -0.691. The Kier molecular flexibility index (Phi) is 12.2. The van der Waals surface area contributed by atoms with Gasteiger partial charge in [0.05, 0.1) is 0 Å². The molecule has 0 aromatic carbocycles. The number of aliphatic carboxylic acids is 1. The molecule has 2 heteroatoms. The molecule has 0 aliphatic rings. The molecule has 2 nitrogen and oxygen atoms in total. The summed E-state index contributed by atoms with van der Waals surface area (Å²) < 4.78 is 0. The number of hydrogen-bond acceptors (Lipinski definition) is 1. The monoisotopic (exact) mass is 238 g/mol. The van der Waals surface area contributed by atoms with Crippen LogP contribution in [-0.2, 0) is 4.79 Å². The van der Waals surface area contributed by atoms with Crippen LogP contribution >= 0.6 is 0 Å². The quantitative estimate of drug-likeness (QED) is 0.418. The molecular formula is C15H26O2. The van der Waals surface area contributed by atoms with Crippen LogP contribution in [0.25, 0.3) is 0 Å². The predicted octanol–water partition coefficient (Wildman–Crippen LogP) is 4.71. The van der Waals surface area contributed by atoms with Crippen molar-refractivity contribution in [3.8, 4) is 0 Å². The van der Waals surface area contributed by atoms with E-state index in [0.29, 0.717) is 6.42 Å². The third-order valence-corrected chi connectivity index (χ3v) is 2.59. The maximum atomic E-state index is 10.3. The van der Waals surface area contributed by atoms with Crippen LogP contribution in [0.3, 0.4) is 0 Å². The summed E-state index contributed by atoms with van der Waals surface area (Å²) in [6, 6.07) is 0. The second kappa shape index (κ2) is 13.0. The van der Waals surface area contributed by atoms with Crippen molar-refractivity contribution in [2.75, 3.05) is 0 Å². The summed E-state index contributed by atoms with van der Waals surface area (Å²) >= 11 is 0. The Hall–Kier alpha value is -1.05. The average Bonchev–Trinajstić information content (AvgIpc) is 2.30. The van der Waals surface area contributed by atoms with Gasteiger partial charge >= 0.3 is 5.97 Å². The molecular weight excluding hydrogens is 212 g/mol. The largest absolute Gasteiger partial charge is 0.481 e. The van der Waals surface area contributed by atoms with E-state index in [4.69, 9.17) is 5.11 Å². The molecule has 0 saturated carbocycles. The first-order chi connectivity index (χ1) is 8.27. The zero-order valence-electron chi connectivity index (χ0n) is 11.0. The molecule has 0 aliphatic carbocycles. The van der Waals surface area contributed by atoms with Gasteiger partial charge in [0.25, 0.3) is 0 Å². The lowest BCUT2D eigenvalue weighted by molar-refractivity contribution is -0.137. The van der Waals surface area contributed by atoms with Crippen LogP contribution in [0.5, 0.6) is 0 Å². The van der Waals surface area contributed by atoms with Crippen molar-refractivity contribution in [3.05, 3.63) is 24.3 Å². The van der Waals surface area contributed by atoms with Crippen LogP contribution in [0.15, 0.2) is 24.3 Å². The highest BCUT2D eigenvalue weighted by molar-refractivity contribution is 5.66. The van der Waals surface area contributed by atoms with Gasteiger partial charge in [0.1, 0.15) is 0 Å². The molecule has 0 amide bonds. The Morgan fingerprint density at radius 3 is 2.06 bits per heavy atom. The lowest BCUT2D eigenvalue weighted by Crippen LogP contribution is -1.92. The van der Waals surface area contributed by atoms with Crippen molar-refractivity contribution in [3.63, 3.8) is 0 Å². The highest BCUT2D eigenvalue weighted by Gasteiger charge is 1.93. The van der Waals surface area contributed by atoms with Gasteiger partial charge in [0.15, 0.2) is 0 Å². The fraction of sp³-hybridized carbons (Fsp3) is 0.667. The zero-order valence-corrected chi connectivity index (χ0v) is 11.0. The molecule has 1 N–H and O–H groups in total. The summed E-state index contributed by atoms with van der Waals surface area (Å²) in [7, 11) is 0. The molecule has 0 spiro atoms. The molecule has 0 aliphatic heterocycles. The fourth-order valence-electron chi connectivity index (χ4n) is 1.56. The predicted molar refractivity (Wildman–Crippen MR) is 73.1 cm³/mol. The Balaban J connectivity index is 3.21. The number of rotatable bonds is 11. The van der Waals surface area contributed by atoms with E-state index in [0.717, 1.165) is 25.7 Å². The van der Waals surface area contributed by atoms with Gasteiger partial charge in [-0.25, -0.2) is 0 Å². The molecule has 0 aromatic rings.